The van der Waals surface area contributed by atoms with E-state index in [1.807, 2.05) is 24.3 Å². The summed E-state index contributed by atoms with van der Waals surface area (Å²) in [6.07, 6.45) is 1.59. The van der Waals surface area contributed by atoms with E-state index in [0.29, 0.717) is 18.2 Å². The number of halogens is 1. The first kappa shape index (κ1) is 11.0. The maximum absolute atomic E-state index is 5.63. The van der Waals surface area contributed by atoms with Gasteiger partial charge in [0.05, 0.1) is 10.7 Å². The van der Waals surface area contributed by atoms with Gasteiger partial charge in [-0.05, 0) is 34.1 Å². The third kappa shape index (κ3) is 2.37. The summed E-state index contributed by atoms with van der Waals surface area (Å²) < 4.78 is 6.50. The van der Waals surface area contributed by atoms with Crippen LogP contribution >= 0.6 is 15.9 Å². The third-order valence-electron chi connectivity index (χ3n) is 2.03. The van der Waals surface area contributed by atoms with Crippen molar-refractivity contribution < 1.29 is 4.74 Å². The zero-order valence-electron chi connectivity index (χ0n) is 8.43. The van der Waals surface area contributed by atoms with Gasteiger partial charge in [-0.1, -0.05) is 12.1 Å². The van der Waals surface area contributed by atoms with Crippen LogP contribution in [0.1, 0.15) is 5.56 Å². The molecule has 0 spiro atoms. The summed E-state index contributed by atoms with van der Waals surface area (Å²) >= 11 is 3.40. The average Bonchev–Trinajstić information content (AvgIpc) is 2.33. The summed E-state index contributed by atoms with van der Waals surface area (Å²) in [7, 11) is 0. The molecule has 0 aliphatic rings. The van der Waals surface area contributed by atoms with Crippen LogP contribution in [-0.4, -0.2) is 10.2 Å². The summed E-state index contributed by atoms with van der Waals surface area (Å²) in [5.41, 5.74) is 6.41. The van der Waals surface area contributed by atoms with E-state index >= 15 is 0 Å². The second-order valence-corrected chi connectivity index (χ2v) is 3.95. The molecule has 0 saturated heterocycles. The third-order valence-corrected chi connectivity index (χ3v) is 2.68. The Bertz CT molecular complexity index is 490. The lowest BCUT2D eigenvalue weighted by Crippen LogP contribution is -2.02. The molecule has 0 unspecified atom stereocenters. The molecule has 0 saturated carbocycles. The molecule has 0 amide bonds. The van der Waals surface area contributed by atoms with Crippen LogP contribution in [0.3, 0.4) is 0 Å². The summed E-state index contributed by atoms with van der Waals surface area (Å²) in [4.78, 5) is 0. The van der Waals surface area contributed by atoms with Gasteiger partial charge in [0.25, 0.3) is 0 Å². The van der Waals surface area contributed by atoms with E-state index in [4.69, 9.17) is 10.5 Å². The fraction of sp³-hybridized carbons (Fsp3) is 0.0909. The number of para-hydroxylation sites is 1. The molecule has 1 aromatic heterocycles. The Morgan fingerprint density at radius 2 is 2.06 bits per heavy atom. The first-order chi connectivity index (χ1) is 7.81. The first-order valence-corrected chi connectivity index (χ1v) is 5.53. The van der Waals surface area contributed by atoms with E-state index < -0.39 is 0 Å². The van der Waals surface area contributed by atoms with Gasteiger partial charge in [-0.3, -0.25) is 0 Å². The fourth-order valence-corrected chi connectivity index (χ4v) is 1.58. The van der Waals surface area contributed by atoms with Gasteiger partial charge in [-0.25, -0.2) is 0 Å². The number of aromatic nitrogens is 2. The van der Waals surface area contributed by atoms with E-state index in [-0.39, 0.29) is 0 Å². The number of hydrogen-bond donors (Lipinski definition) is 1. The largest absolute Gasteiger partial charge is 0.436 e. The van der Waals surface area contributed by atoms with E-state index in [1.54, 1.807) is 12.3 Å². The Balaban J connectivity index is 2.30. The standard InChI is InChI=1S/C11H10BrN3O/c12-9-3-1-2-4-10(9)16-11-8(7-13)5-6-14-15-11/h1-6H,7,13H2. The van der Waals surface area contributed by atoms with Crippen LogP contribution in [0.25, 0.3) is 0 Å². The van der Waals surface area contributed by atoms with Gasteiger partial charge in [-0.15, -0.1) is 5.10 Å². The summed E-state index contributed by atoms with van der Waals surface area (Å²) in [5, 5.41) is 7.69. The predicted molar refractivity (Wildman–Crippen MR) is 64.1 cm³/mol. The number of hydrogen-bond acceptors (Lipinski definition) is 4. The SMILES string of the molecule is NCc1ccnnc1Oc1ccccc1Br. The van der Waals surface area contributed by atoms with Crippen LogP contribution in [0.15, 0.2) is 41.0 Å². The van der Waals surface area contributed by atoms with Gasteiger partial charge in [0.15, 0.2) is 0 Å². The Morgan fingerprint density at radius 3 is 2.81 bits per heavy atom. The second-order valence-electron chi connectivity index (χ2n) is 3.10. The van der Waals surface area contributed by atoms with Crippen molar-refractivity contribution in [2.75, 3.05) is 0 Å². The molecular weight excluding hydrogens is 270 g/mol. The molecule has 1 aromatic carbocycles. The molecule has 0 aliphatic carbocycles. The topological polar surface area (TPSA) is 61.0 Å². The van der Waals surface area contributed by atoms with Gasteiger partial charge in [0, 0.05) is 12.1 Å². The minimum absolute atomic E-state index is 0.370. The Kier molecular flexibility index (Phi) is 3.48. The molecule has 0 fully saturated rings. The highest BCUT2D eigenvalue weighted by molar-refractivity contribution is 9.10. The highest BCUT2D eigenvalue weighted by Crippen LogP contribution is 2.29. The van der Waals surface area contributed by atoms with Crippen molar-refractivity contribution in [3.05, 3.63) is 46.6 Å². The molecule has 0 bridgehead atoms. The Labute approximate surface area is 102 Å². The van der Waals surface area contributed by atoms with E-state index in [1.165, 1.54) is 0 Å². The number of rotatable bonds is 3. The fourth-order valence-electron chi connectivity index (χ4n) is 1.22. The normalized spacial score (nSPS) is 10.1. The molecule has 2 aromatic rings. The first-order valence-electron chi connectivity index (χ1n) is 4.74. The van der Waals surface area contributed by atoms with Crippen LogP contribution in [-0.2, 0) is 6.54 Å². The van der Waals surface area contributed by atoms with Crippen LogP contribution in [0, 0.1) is 0 Å². The van der Waals surface area contributed by atoms with Gasteiger partial charge >= 0.3 is 0 Å². The maximum atomic E-state index is 5.63. The van der Waals surface area contributed by atoms with Crippen molar-refractivity contribution in [2.24, 2.45) is 5.73 Å². The lowest BCUT2D eigenvalue weighted by atomic mass is 10.3. The molecule has 1 heterocycles. The van der Waals surface area contributed by atoms with Crippen LogP contribution in [0.5, 0.6) is 11.6 Å². The predicted octanol–water partition coefficient (Wildman–Crippen LogP) is 2.49. The summed E-state index contributed by atoms with van der Waals surface area (Å²) in [6.45, 7) is 0.370. The number of ether oxygens (including phenoxy) is 1. The van der Waals surface area contributed by atoms with Crippen molar-refractivity contribution in [1.29, 1.82) is 0 Å². The smallest absolute Gasteiger partial charge is 0.243 e. The molecule has 16 heavy (non-hydrogen) atoms. The lowest BCUT2D eigenvalue weighted by molar-refractivity contribution is 0.446. The highest BCUT2D eigenvalue weighted by Gasteiger charge is 2.07. The average molecular weight is 280 g/mol. The van der Waals surface area contributed by atoms with Crippen molar-refractivity contribution in [2.45, 2.75) is 6.54 Å². The summed E-state index contributed by atoms with van der Waals surface area (Å²) in [5.74, 6) is 1.13. The zero-order valence-corrected chi connectivity index (χ0v) is 10.0. The highest BCUT2D eigenvalue weighted by atomic mass is 79.9. The Morgan fingerprint density at radius 1 is 1.25 bits per heavy atom. The van der Waals surface area contributed by atoms with Gasteiger partial charge in [0.1, 0.15) is 5.75 Å². The summed E-state index contributed by atoms with van der Waals surface area (Å²) in [6, 6.07) is 9.34. The van der Waals surface area contributed by atoms with Gasteiger partial charge in [0.2, 0.25) is 5.88 Å². The van der Waals surface area contributed by atoms with Crippen LogP contribution in [0.4, 0.5) is 0 Å². The molecular formula is C11H10BrN3O. The van der Waals surface area contributed by atoms with E-state index in [0.717, 1.165) is 10.0 Å². The molecule has 82 valence electrons. The number of nitrogens with two attached hydrogens (primary N) is 1. The number of nitrogens with zero attached hydrogens (tertiary/aromatic N) is 2. The van der Waals surface area contributed by atoms with Crippen molar-refractivity contribution in [3.8, 4) is 11.6 Å². The Hall–Kier alpha value is -1.46. The zero-order chi connectivity index (χ0) is 11.4. The number of benzene rings is 1. The molecule has 4 nitrogen and oxygen atoms in total. The molecule has 2 rings (SSSR count). The molecule has 0 aliphatic heterocycles. The maximum Gasteiger partial charge on any atom is 0.243 e. The van der Waals surface area contributed by atoms with Crippen LogP contribution < -0.4 is 10.5 Å². The lowest BCUT2D eigenvalue weighted by Gasteiger charge is -2.08. The molecule has 0 radical (unpaired) electrons. The van der Waals surface area contributed by atoms with Gasteiger partial charge in [-0.2, -0.15) is 5.10 Å². The monoisotopic (exact) mass is 279 g/mol. The van der Waals surface area contributed by atoms with Crippen molar-refractivity contribution in [1.82, 2.24) is 10.2 Å². The van der Waals surface area contributed by atoms with Crippen molar-refractivity contribution in [3.63, 3.8) is 0 Å². The second kappa shape index (κ2) is 5.05. The van der Waals surface area contributed by atoms with Crippen LogP contribution in [0.2, 0.25) is 0 Å². The molecule has 0 atom stereocenters. The van der Waals surface area contributed by atoms with Gasteiger partial charge < -0.3 is 10.5 Å². The quantitative estimate of drug-likeness (QED) is 0.938. The molecule has 5 heteroatoms. The molecule has 2 N–H and O–H groups in total. The minimum Gasteiger partial charge on any atom is -0.436 e. The van der Waals surface area contributed by atoms with E-state index in [9.17, 15) is 0 Å². The van der Waals surface area contributed by atoms with Crippen molar-refractivity contribution >= 4 is 15.9 Å². The minimum atomic E-state index is 0.370. The van der Waals surface area contributed by atoms with E-state index in [2.05, 4.69) is 26.1 Å².